The average molecular weight is 382 g/mol. The normalized spacial score (nSPS) is 24.8. The first-order valence-corrected chi connectivity index (χ1v) is 9.79. The summed E-state index contributed by atoms with van der Waals surface area (Å²) < 4.78 is 11.3. The van der Waals surface area contributed by atoms with Gasteiger partial charge in [-0.05, 0) is 51.1 Å². The van der Waals surface area contributed by atoms with Crippen molar-refractivity contribution in [2.24, 2.45) is 5.92 Å². The fourth-order valence-corrected chi connectivity index (χ4v) is 4.21. The zero-order valence-corrected chi connectivity index (χ0v) is 16.6. The lowest BCUT2D eigenvalue weighted by atomic mass is 9.80. The molecule has 2 aliphatic heterocycles. The number of carbonyl (C=O) groups is 2. The number of pyridine rings is 1. The number of ether oxygens (including phenoxy) is 2. The van der Waals surface area contributed by atoms with Crippen molar-refractivity contribution in [1.29, 1.82) is 0 Å². The molecule has 1 aromatic carbocycles. The van der Waals surface area contributed by atoms with E-state index < -0.39 is 5.60 Å². The Hall–Kier alpha value is -2.47. The van der Waals surface area contributed by atoms with Crippen molar-refractivity contribution in [1.82, 2.24) is 9.88 Å². The molecule has 6 nitrogen and oxygen atoms in total. The SMILES string of the molecule is CC(C)(C)OC(=O)N1C2COCC1CC(C(=O)c1ccc3cnccc3c1)C2. The number of benzene rings is 1. The van der Waals surface area contributed by atoms with Gasteiger partial charge in [0, 0.05) is 29.3 Å². The largest absolute Gasteiger partial charge is 0.444 e. The predicted octanol–water partition coefficient (Wildman–Crippen LogP) is 3.83. The van der Waals surface area contributed by atoms with E-state index in [1.807, 2.05) is 45.0 Å². The number of piperidine rings is 1. The second kappa shape index (κ2) is 7.17. The lowest BCUT2D eigenvalue weighted by Gasteiger charge is -2.47. The van der Waals surface area contributed by atoms with Gasteiger partial charge in [-0.15, -0.1) is 0 Å². The van der Waals surface area contributed by atoms with Crippen LogP contribution in [0.1, 0.15) is 44.0 Å². The van der Waals surface area contributed by atoms with Crippen molar-refractivity contribution in [2.75, 3.05) is 13.2 Å². The molecular weight excluding hydrogens is 356 g/mol. The summed E-state index contributed by atoms with van der Waals surface area (Å²) in [5, 5.41) is 2.03. The number of amides is 1. The van der Waals surface area contributed by atoms with Crippen molar-refractivity contribution in [3.63, 3.8) is 0 Å². The van der Waals surface area contributed by atoms with Gasteiger partial charge in [-0.25, -0.2) is 4.79 Å². The smallest absolute Gasteiger partial charge is 0.410 e. The number of Topliss-reactive ketones (excluding diaryl/α,β-unsaturated/α-hetero) is 1. The molecule has 0 saturated carbocycles. The van der Waals surface area contributed by atoms with Gasteiger partial charge in [-0.1, -0.05) is 12.1 Å². The highest BCUT2D eigenvalue weighted by atomic mass is 16.6. The van der Waals surface area contributed by atoms with Gasteiger partial charge in [0.05, 0.1) is 25.3 Å². The van der Waals surface area contributed by atoms with Crippen LogP contribution >= 0.6 is 0 Å². The van der Waals surface area contributed by atoms with Crippen LogP contribution in [-0.4, -0.2) is 52.7 Å². The zero-order valence-electron chi connectivity index (χ0n) is 16.6. The fourth-order valence-electron chi connectivity index (χ4n) is 4.21. The number of fused-ring (bicyclic) bond motifs is 3. The maximum absolute atomic E-state index is 13.2. The van der Waals surface area contributed by atoms with Gasteiger partial charge in [0.25, 0.3) is 0 Å². The van der Waals surface area contributed by atoms with E-state index in [9.17, 15) is 9.59 Å². The molecule has 1 amide bonds. The van der Waals surface area contributed by atoms with E-state index in [0.717, 1.165) is 10.8 Å². The van der Waals surface area contributed by atoms with Crippen LogP contribution in [0.25, 0.3) is 10.8 Å². The number of morpholine rings is 1. The minimum absolute atomic E-state index is 0.114. The van der Waals surface area contributed by atoms with E-state index >= 15 is 0 Å². The first-order valence-electron chi connectivity index (χ1n) is 9.79. The third-order valence-corrected chi connectivity index (χ3v) is 5.42. The van der Waals surface area contributed by atoms with E-state index in [4.69, 9.17) is 9.47 Å². The van der Waals surface area contributed by atoms with E-state index in [0.29, 0.717) is 31.6 Å². The Morgan fingerprint density at radius 2 is 1.82 bits per heavy atom. The molecule has 148 valence electrons. The summed E-state index contributed by atoms with van der Waals surface area (Å²) in [5.41, 5.74) is 0.173. The van der Waals surface area contributed by atoms with Crippen LogP contribution in [0.5, 0.6) is 0 Å². The maximum atomic E-state index is 13.2. The van der Waals surface area contributed by atoms with E-state index in [-0.39, 0.29) is 29.9 Å². The molecule has 3 heterocycles. The summed E-state index contributed by atoms with van der Waals surface area (Å²) in [6.07, 6.45) is 4.42. The van der Waals surface area contributed by atoms with Crippen LogP contribution in [0.2, 0.25) is 0 Å². The van der Waals surface area contributed by atoms with Gasteiger partial charge in [-0.3, -0.25) is 14.7 Å². The summed E-state index contributed by atoms with van der Waals surface area (Å²) in [4.78, 5) is 31.8. The molecule has 28 heavy (non-hydrogen) atoms. The molecule has 2 saturated heterocycles. The van der Waals surface area contributed by atoms with Crippen molar-refractivity contribution in [3.8, 4) is 0 Å². The summed E-state index contributed by atoms with van der Waals surface area (Å²) >= 11 is 0. The van der Waals surface area contributed by atoms with E-state index in [1.54, 1.807) is 17.3 Å². The van der Waals surface area contributed by atoms with E-state index in [2.05, 4.69) is 4.98 Å². The minimum Gasteiger partial charge on any atom is -0.444 e. The molecule has 2 unspecified atom stereocenters. The van der Waals surface area contributed by atoms with Gasteiger partial charge in [0.1, 0.15) is 5.60 Å². The molecule has 1 aromatic heterocycles. The van der Waals surface area contributed by atoms with Crippen LogP contribution in [0, 0.1) is 5.92 Å². The number of hydrogen-bond donors (Lipinski definition) is 0. The summed E-state index contributed by atoms with van der Waals surface area (Å²) in [7, 11) is 0. The quantitative estimate of drug-likeness (QED) is 0.739. The van der Waals surface area contributed by atoms with Crippen LogP contribution in [0.15, 0.2) is 36.7 Å². The molecule has 0 radical (unpaired) electrons. The molecule has 2 bridgehead atoms. The predicted molar refractivity (Wildman–Crippen MR) is 105 cm³/mol. The van der Waals surface area contributed by atoms with Gasteiger partial charge < -0.3 is 9.47 Å². The van der Waals surface area contributed by atoms with Crippen molar-refractivity contribution < 1.29 is 19.1 Å². The molecular formula is C22H26N2O4. The van der Waals surface area contributed by atoms with Crippen LogP contribution in [0.3, 0.4) is 0 Å². The van der Waals surface area contributed by atoms with Crippen LogP contribution in [0.4, 0.5) is 4.79 Å². The number of carbonyl (C=O) groups excluding carboxylic acids is 2. The Morgan fingerprint density at radius 1 is 1.11 bits per heavy atom. The first kappa shape index (κ1) is 18.9. The molecule has 2 fully saturated rings. The highest BCUT2D eigenvalue weighted by Crippen LogP contribution is 2.35. The molecule has 2 aromatic rings. The standard InChI is InChI=1S/C22H26N2O4/c1-22(2,3)28-21(26)24-18-9-17(10-19(24)13-27-12-18)20(25)15-4-5-16-11-23-7-6-14(16)8-15/h4-8,11,17-19H,9-10,12-13H2,1-3H3. The lowest BCUT2D eigenvalue weighted by Crippen LogP contribution is -2.60. The first-order chi connectivity index (χ1) is 13.3. The topological polar surface area (TPSA) is 68.7 Å². The molecule has 4 rings (SSSR count). The Morgan fingerprint density at radius 3 is 2.50 bits per heavy atom. The Kier molecular flexibility index (Phi) is 4.83. The third-order valence-electron chi connectivity index (χ3n) is 5.42. The highest BCUT2D eigenvalue weighted by Gasteiger charge is 2.45. The number of hydrogen-bond acceptors (Lipinski definition) is 5. The van der Waals surface area contributed by atoms with Crippen LogP contribution < -0.4 is 0 Å². The second-order valence-electron chi connectivity index (χ2n) is 8.70. The third kappa shape index (κ3) is 3.74. The second-order valence-corrected chi connectivity index (χ2v) is 8.70. The summed E-state index contributed by atoms with van der Waals surface area (Å²) in [5.74, 6) is 0.0244. The molecule has 6 heteroatoms. The Balaban J connectivity index is 1.53. The van der Waals surface area contributed by atoms with Crippen molar-refractivity contribution >= 4 is 22.6 Å². The van der Waals surface area contributed by atoms with Crippen LogP contribution in [-0.2, 0) is 9.47 Å². The number of ketones is 1. The molecule has 2 aliphatic rings. The monoisotopic (exact) mass is 382 g/mol. The number of rotatable bonds is 2. The van der Waals surface area contributed by atoms with Crippen molar-refractivity contribution in [3.05, 3.63) is 42.2 Å². The molecule has 2 atom stereocenters. The number of aromatic nitrogens is 1. The summed E-state index contributed by atoms with van der Waals surface area (Å²) in [6, 6.07) is 7.42. The molecule has 0 aliphatic carbocycles. The Bertz CT molecular complexity index is 891. The van der Waals surface area contributed by atoms with E-state index in [1.165, 1.54) is 0 Å². The van der Waals surface area contributed by atoms with Gasteiger partial charge >= 0.3 is 6.09 Å². The molecule has 0 N–H and O–H groups in total. The van der Waals surface area contributed by atoms with Gasteiger partial charge in [-0.2, -0.15) is 0 Å². The minimum atomic E-state index is -0.543. The molecule has 0 spiro atoms. The van der Waals surface area contributed by atoms with Gasteiger partial charge in [0.2, 0.25) is 0 Å². The lowest BCUT2D eigenvalue weighted by molar-refractivity contribution is -0.0861. The fraction of sp³-hybridized carbons (Fsp3) is 0.500. The van der Waals surface area contributed by atoms with Crippen molar-refractivity contribution in [2.45, 2.75) is 51.3 Å². The Labute approximate surface area is 164 Å². The number of nitrogens with zero attached hydrogens (tertiary/aromatic N) is 2. The maximum Gasteiger partial charge on any atom is 0.410 e. The van der Waals surface area contributed by atoms with Gasteiger partial charge in [0.15, 0.2) is 5.78 Å². The highest BCUT2D eigenvalue weighted by molar-refractivity contribution is 6.01. The average Bonchev–Trinajstić information content (AvgIpc) is 2.64. The zero-order chi connectivity index (χ0) is 19.9. The summed E-state index contributed by atoms with van der Waals surface area (Å²) in [6.45, 7) is 6.49.